The highest BCUT2D eigenvalue weighted by atomic mass is 32.9. The van der Waals surface area contributed by atoms with Crippen molar-refractivity contribution >= 4 is 78.4 Å². The molecule has 41 heavy (non-hydrogen) atoms. The zero-order valence-corrected chi connectivity index (χ0v) is 28.1. The van der Waals surface area contributed by atoms with Crippen LogP contribution in [0.2, 0.25) is 0 Å². The van der Waals surface area contributed by atoms with Crippen LogP contribution in [0.3, 0.4) is 0 Å². The average molecular weight is 603 g/mol. The molecule has 0 radical (unpaired) electrons. The van der Waals surface area contributed by atoms with Crippen LogP contribution in [-0.4, -0.2) is 0 Å². The van der Waals surface area contributed by atoms with Crippen LogP contribution in [-0.2, 0) is 11.8 Å². The molecule has 0 amide bonds. The first-order chi connectivity index (χ1) is 19.7. The largest absolute Gasteiger partial charge is 0.428 e. The minimum absolute atomic E-state index is 0.636. The number of hydrogen-bond donors (Lipinski definition) is 1. The molecule has 5 heteroatoms. The molecule has 0 aliphatic carbocycles. The predicted octanol–water partition coefficient (Wildman–Crippen LogP) is 12.6. The SMILES string of the molecule is CC=Cc1cc(OP(=S)(S)Oc2cc(C=CC)c(C=CC)c(C=CC)c2C=CC)c(C=CC)c(C=CC)c1C=CC. The second-order valence-electron chi connectivity index (χ2n) is 9.06. The van der Waals surface area contributed by atoms with Gasteiger partial charge in [-0.2, -0.15) is 0 Å². The number of thiol groups is 1. The van der Waals surface area contributed by atoms with Gasteiger partial charge in [-0.05, 0) is 113 Å². The second kappa shape index (κ2) is 17.0. The average Bonchev–Trinajstić information content (AvgIpc) is 2.92. The summed E-state index contributed by atoms with van der Waals surface area (Å²) in [6.45, 7) is 16.1. The molecule has 0 spiro atoms. The zero-order valence-electron chi connectivity index (χ0n) is 25.5. The van der Waals surface area contributed by atoms with Gasteiger partial charge in [-0.15, -0.1) is 0 Å². The molecule has 0 aliphatic heterocycles. The summed E-state index contributed by atoms with van der Waals surface area (Å²) in [5.74, 6) is 1.27. The van der Waals surface area contributed by atoms with E-state index in [4.69, 9.17) is 33.1 Å². The van der Waals surface area contributed by atoms with Crippen molar-refractivity contribution in [3.05, 3.63) is 105 Å². The molecule has 0 N–H and O–H groups in total. The molecule has 0 fully saturated rings. The van der Waals surface area contributed by atoms with Gasteiger partial charge < -0.3 is 9.05 Å². The smallest absolute Gasteiger partial charge is 0.345 e. The van der Waals surface area contributed by atoms with E-state index in [1.165, 1.54) is 0 Å². The normalized spacial score (nSPS) is 14.5. The Morgan fingerprint density at radius 3 is 1.02 bits per heavy atom. The van der Waals surface area contributed by atoms with Gasteiger partial charge in [-0.1, -0.05) is 109 Å². The van der Waals surface area contributed by atoms with Gasteiger partial charge >= 0.3 is 5.69 Å². The third kappa shape index (κ3) is 8.97. The maximum Gasteiger partial charge on any atom is 0.345 e. The molecular weight excluding hydrogens is 560 g/mol. The summed E-state index contributed by atoms with van der Waals surface area (Å²) in [7, 11) is 0. The van der Waals surface area contributed by atoms with Gasteiger partial charge in [0.1, 0.15) is 11.5 Å². The highest BCUT2D eigenvalue weighted by Gasteiger charge is 2.24. The Balaban J connectivity index is 2.85. The van der Waals surface area contributed by atoms with Gasteiger partial charge in [0.2, 0.25) is 0 Å². The molecule has 2 aromatic rings. The quantitative estimate of drug-likeness (QED) is 0.193. The summed E-state index contributed by atoms with van der Waals surface area (Å²) in [5, 5.41) is 0. The van der Waals surface area contributed by atoms with Crippen LogP contribution < -0.4 is 9.05 Å². The minimum Gasteiger partial charge on any atom is -0.428 e. The lowest BCUT2D eigenvalue weighted by molar-refractivity contribution is 0.505. The molecule has 0 aliphatic rings. The highest BCUT2D eigenvalue weighted by molar-refractivity contribution is 8.60. The molecule has 0 bridgehead atoms. The fraction of sp³-hybridized carbons (Fsp3) is 0.222. The van der Waals surface area contributed by atoms with Crippen molar-refractivity contribution in [3.8, 4) is 11.5 Å². The fourth-order valence-electron chi connectivity index (χ4n) is 4.59. The topological polar surface area (TPSA) is 18.5 Å². The lowest BCUT2D eigenvalue weighted by Crippen LogP contribution is -2.03. The number of allylic oxidation sites excluding steroid dienone is 8. The molecule has 0 heterocycles. The van der Waals surface area contributed by atoms with Crippen molar-refractivity contribution in [1.82, 2.24) is 0 Å². The molecule has 216 valence electrons. The highest BCUT2D eigenvalue weighted by Crippen LogP contribution is 2.56. The lowest BCUT2D eigenvalue weighted by Gasteiger charge is -2.24. The summed E-state index contributed by atoms with van der Waals surface area (Å²) in [4.78, 5) is 0. The molecule has 2 rings (SSSR count). The standard InChI is InChI=1S/C36H43O2PS2/c1-9-17-27-25-35(33(23-15-7)31(21-13-5)29(27)19-11-3)37-39(40,41)38-36-26-28(18-10-2)30(20-12-4)32(22-14-6)34(36)24-16-8/h9-26H,1-8H3,(H,40,41). The van der Waals surface area contributed by atoms with E-state index in [2.05, 4.69) is 36.5 Å². The van der Waals surface area contributed by atoms with Crippen LogP contribution in [0.4, 0.5) is 0 Å². The Hall–Kier alpha value is -3.04. The molecule has 0 atom stereocenters. The van der Waals surface area contributed by atoms with E-state index in [0.717, 1.165) is 44.5 Å². The third-order valence-corrected chi connectivity index (χ3v) is 7.80. The van der Waals surface area contributed by atoms with Gasteiger partial charge in [0.15, 0.2) is 0 Å². The molecular formula is C36H43O2PS2. The van der Waals surface area contributed by atoms with Crippen molar-refractivity contribution in [1.29, 1.82) is 0 Å². The number of benzene rings is 2. The van der Waals surface area contributed by atoms with E-state index in [9.17, 15) is 0 Å². The minimum atomic E-state index is -3.13. The molecule has 2 aromatic carbocycles. The lowest BCUT2D eigenvalue weighted by atomic mass is 9.93. The van der Waals surface area contributed by atoms with Crippen molar-refractivity contribution in [3.63, 3.8) is 0 Å². The summed E-state index contributed by atoms with van der Waals surface area (Å²) < 4.78 is 13.1. The maximum absolute atomic E-state index is 6.56. The Kier molecular flexibility index (Phi) is 14.2. The summed E-state index contributed by atoms with van der Waals surface area (Å²) >= 11 is 10.8. The first-order valence-electron chi connectivity index (χ1n) is 13.9. The van der Waals surface area contributed by atoms with E-state index < -0.39 is 5.69 Å². The van der Waals surface area contributed by atoms with Crippen molar-refractivity contribution in [2.24, 2.45) is 0 Å². The maximum atomic E-state index is 6.56. The Morgan fingerprint density at radius 2 is 0.732 bits per heavy atom. The van der Waals surface area contributed by atoms with Gasteiger partial charge in [-0.25, -0.2) is 0 Å². The van der Waals surface area contributed by atoms with E-state index in [1.807, 2.05) is 128 Å². The summed E-state index contributed by atoms with van der Waals surface area (Å²) in [6, 6.07) is 4.05. The Morgan fingerprint density at radius 1 is 0.463 bits per heavy atom. The number of rotatable bonds is 12. The van der Waals surface area contributed by atoms with Crippen molar-refractivity contribution in [2.75, 3.05) is 0 Å². The first-order valence-corrected chi connectivity index (χ1v) is 17.7. The van der Waals surface area contributed by atoms with Gasteiger partial charge in [0.25, 0.3) is 0 Å². The van der Waals surface area contributed by atoms with Crippen LogP contribution >= 0.6 is 17.9 Å². The Bertz CT molecular complexity index is 1390. The second-order valence-corrected chi connectivity index (χ2v) is 14.2. The van der Waals surface area contributed by atoms with Crippen LogP contribution in [0.25, 0.3) is 48.6 Å². The number of hydrogen-bond acceptors (Lipinski definition) is 3. The first kappa shape index (κ1) is 34.2. The molecule has 0 saturated heterocycles. The van der Waals surface area contributed by atoms with Crippen LogP contribution in [0.5, 0.6) is 11.5 Å². The van der Waals surface area contributed by atoms with E-state index in [-0.39, 0.29) is 0 Å². The van der Waals surface area contributed by atoms with Crippen LogP contribution in [0.1, 0.15) is 99.9 Å². The summed E-state index contributed by atoms with van der Waals surface area (Å²) in [6.07, 6.45) is 32.9. The van der Waals surface area contributed by atoms with Gasteiger partial charge in [-0.3, -0.25) is 0 Å². The summed E-state index contributed by atoms with van der Waals surface area (Å²) in [5.41, 5.74) is 5.11. The molecule has 0 unspecified atom stereocenters. The van der Waals surface area contributed by atoms with Crippen molar-refractivity contribution < 1.29 is 9.05 Å². The molecule has 2 nitrogen and oxygen atoms in total. The van der Waals surface area contributed by atoms with Crippen LogP contribution in [0, 0.1) is 0 Å². The van der Waals surface area contributed by atoms with Gasteiger partial charge in [0, 0.05) is 11.1 Å². The Labute approximate surface area is 258 Å². The third-order valence-electron chi connectivity index (χ3n) is 6.01. The van der Waals surface area contributed by atoms with E-state index in [0.29, 0.717) is 11.5 Å². The fourth-order valence-corrected chi connectivity index (χ4v) is 6.43. The van der Waals surface area contributed by atoms with E-state index >= 15 is 0 Å². The zero-order chi connectivity index (χ0) is 30.4. The monoisotopic (exact) mass is 602 g/mol. The van der Waals surface area contributed by atoms with Gasteiger partial charge in [0.05, 0.1) is 0 Å². The predicted molar refractivity (Wildman–Crippen MR) is 195 cm³/mol. The van der Waals surface area contributed by atoms with Crippen molar-refractivity contribution in [2.45, 2.75) is 55.4 Å². The molecule has 0 aromatic heterocycles. The molecule has 0 saturated carbocycles. The van der Waals surface area contributed by atoms with Crippen LogP contribution in [0.15, 0.2) is 60.7 Å². The van der Waals surface area contributed by atoms with E-state index in [1.54, 1.807) is 0 Å².